The van der Waals surface area contributed by atoms with E-state index in [1.54, 1.807) is 36.4 Å². The van der Waals surface area contributed by atoms with Gasteiger partial charge in [-0.2, -0.15) is 0 Å². The first-order valence-electron chi connectivity index (χ1n) is 11.3. The summed E-state index contributed by atoms with van der Waals surface area (Å²) < 4.78 is 11.2. The molecule has 2 fully saturated rings. The SMILES string of the molecule is O=C1OC[C@@H](c2ccc(OCc3ccccc3)cc2)N2C(=O)[C@@H](N3C(=O)c4ccccc4C3=O)[C@H]12. The van der Waals surface area contributed by atoms with Crippen molar-refractivity contribution in [3.05, 3.63) is 101 Å². The Morgan fingerprint density at radius 3 is 2.06 bits per heavy atom. The number of fused-ring (bicyclic) bond motifs is 2. The Hall–Kier alpha value is -4.46. The number of esters is 1. The van der Waals surface area contributed by atoms with E-state index in [1.807, 2.05) is 42.5 Å². The van der Waals surface area contributed by atoms with Crippen LogP contribution in [0.1, 0.15) is 37.9 Å². The Kier molecular flexibility index (Phi) is 4.88. The van der Waals surface area contributed by atoms with Crippen LogP contribution in [-0.2, 0) is 20.9 Å². The van der Waals surface area contributed by atoms with E-state index in [0.29, 0.717) is 12.4 Å². The molecule has 0 radical (unpaired) electrons. The average molecular weight is 468 g/mol. The summed E-state index contributed by atoms with van der Waals surface area (Å²) in [5.41, 5.74) is 2.28. The van der Waals surface area contributed by atoms with E-state index in [0.717, 1.165) is 16.0 Å². The Bertz CT molecular complexity index is 1320. The second kappa shape index (κ2) is 8.09. The first-order chi connectivity index (χ1) is 17.0. The second-order valence-electron chi connectivity index (χ2n) is 8.65. The molecule has 0 N–H and O–H groups in total. The van der Waals surface area contributed by atoms with E-state index in [4.69, 9.17) is 9.47 Å². The van der Waals surface area contributed by atoms with Crippen LogP contribution in [0.15, 0.2) is 78.9 Å². The number of morpholine rings is 1. The predicted molar refractivity (Wildman–Crippen MR) is 122 cm³/mol. The fourth-order valence-corrected chi connectivity index (χ4v) is 4.91. The Labute approximate surface area is 200 Å². The summed E-state index contributed by atoms with van der Waals surface area (Å²) in [4.78, 5) is 53.9. The highest BCUT2D eigenvalue weighted by Gasteiger charge is 2.63. The van der Waals surface area contributed by atoms with E-state index in [-0.39, 0.29) is 17.7 Å². The van der Waals surface area contributed by atoms with Crippen LogP contribution in [0.3, 0.4) is 0 Å². The largest absolute Gasteiger partial charge is 0.489 e. The smallest absolute Gasteiger partial charge is 0.331 e. The molecule has 3 aromatic rings. The lowest BCUT2D eigenvalue weighted by Gasteiger charge is -2.53. The lowest BCUT2D eigenvalue weighted by molar-refractivity contribution is -0.191. The van der Waals surface area contributed by atoms with Gasteiger partial charge in [0.2, 0.25) is 5.91 Å². The molecule has 3 aliphatic heterocycles. The van der Waals surface area contributed by atoms with Crippen LogP contribution in [0.2, 0.25) is 0 Å². The van der Waals surface area contributed by atoms with Gasteiger partial charge in [-0.3, -0.25) is 19.3 Å². The van der Waals surface area contributed by atoms with Gasteiger partial charge in [-0.1, -0.05) is 54.6 Å². The van der Waals surface area contributed by atoms with Gasteiger partial charge in [0, 0.05) is 0 Å². The molecule has 3 aliphatic rings. The van der Waals surface area contributed by atoms with E-state index in [9.17, 15) is 19.2 Å². The Morgan fingerprint density at radius 1 is 0.771 bits per heavy atom. The molecule has 8 nitrogen and oxygen atoms in total. The van der Waals surface area contributed by atoms with Crippen LogP contribution in [0.4, 0.5) is 0 Å². The quantitative estimate of drug-likeness (QED) is 0.325. The highest BCUT2D eigenvalue weighted by Crippen LogP contribution is 2.41. The maximum atomic E-state index is 13.2. The van der Waals surface area contributed by atoms with Crippen molar-refractivity contribution in [1.82, 2.24) is 9.80 Å². The van der Waals surface area contributed by atoms with Crippen LogP contribution < -0.4 is 4.74 Å². The lowest BCUT2D eigenvalue weighted by atomic mass is 9.87. The van der Waals surface area contributed by atoms with Crippen LogP contribution in [0, 0.1) is 0 Å². The number of cyclic esters (lactones) is 1. The van der Waals surface area contributed by atoms with E-state index in [2.05, 4.69) is 0 Å². The van der Waals surface area contributed by atoms with E-state index in [1.165, 1.54) is 4.90 Å². The fourth-order valence-electron chi connectivity index (χ4n) is 4.91. The van der Waals surface area contributed by atoms with Gasteiger partial charge < -0.3 is 14.4 Å². The zero-order chi connectivity index (χ0) is 24.1. The van der Waals surface area contributed by atoms with Gasteiger partial charge in [0.25, 0.3) is 11.8 Å². The number of carbonyl (C=O) groups is 4. The average Bonchev–Trinajstić information content (AvgIpc) is 3.14. The number of nitrogens with zero attached hydrogens (tertiary/aromatic N) is 2. The van der Waals surface area contributed by atoms with Crippen molar-refractivity contribution in [2.24, 2.45) is 0 Å². The first-order valence-corrected chi connectivity index (χ1v) is 11.3. The molecular formula is C27H20N2O6. The number of β-lactam (4-membered cyclic amide) rings is 1. The molecule has 2 saturated heterocycles. The molecule has 0 bridgehead atoms. The third-order valence-electron chi connectivity index (χ3n) is 6.68. The van der Waals surface area contributed by atoms with Gasteiger partial charge in [-0.25, -0.2) is 4.79 Å². The molecule has 35 heavy (non-hydrogen) atoms. The van der Waals surface area contributed by atoms with Crippen LogP contribution >= 0.6 is 0 Å². The van der Waals surface area contributed by atoms with E-state index >= 15 is 0 Å². The maximum absolute atomic E-state index is 13.2. The van der Waals surface area contributed by atoms with Crippen LogP contribution in [0.25, 0.3) is 0 Å². The van der Waals surface area contributed by atoms with Gasteiger partial charge in [0.1, 0.15) is 19.0 Å². The molecule has 0 spiro atoms. The van der Waals surface area contributed by atoms with Crippen molar-refractivity contribution in [1.29, 1.82) is 0 Å². The standard InChI is InChI=1S/C27H20N2O6/c30-24-19-8-4-5-9-20(19)25(31)29(24)22-23-27(33)35-15-21(28(23)26(22)32)17-10-12-18(13-11-17)34-14-16-6-2-1-3-7-16/h1-13,21-23H,14-15H2/t21-,22-,23+/m0/s1. The highest BCUT2D eigenvalue weighted by atomic mass is 16.5. The van der Waals surface area contributed by atoms with Gasteiger partial charge in [-0.15, -0.1) is 0 Å². The number of hydrogen-bond donors (Lipinski definition) is 0. The number of ether oxygens (including phenoxy) is 2. The lowest BCUT2D eigenvalue weighted by Crippen LogP contribution is -2.76. The zero-order valence-electron chi connectivity index (χ0n) is 18.5. The van der Waals surface area contributed by atoms with Gasteiger partial charge >= 0.3 is 5.97 Å². The molecular weight excluding hydrogens is 448 g/mol. The molecule has 0 aromatic heterocycles. The van der Waals surface area contributed by atoms with Gasteiger partial charge in [0.05, 0.1) is 17.2 Å². The molecule has 3 amide bonds. The summed E-state index contributed by atoms with van der Waals surface area (Å²) in [6.45, 7) is 0.427. The monoisotopic (exact) mass is 468 g/mol. The summed E-state index contributed by atoms with van der Waals surface area (Å²) in [6, 6.07) is 20.7. The van der Waals surface area contributed by atoms with Crippen molar-refractivity contribution in [3.63, 3.8) is 0 Å². The molecule has 0 saturated carbocycles. The molecule has 8 heteroatoms. The van der Waals surface area contributed by atoms with Crippen LogP contribution in [-0.4, -0.2) is 52.2 Å². The molecule has 3 aromatic carbocycles. The fraction of sp³-hybridized carbons (Fsp3) is 0.185. The summed E-state index contributed by atoms with van der Waals surface area (Å²) in [5.74, 6) is -1.54. The van der Waals surface area contributed by atoms with Crippen molar-refractivity contribution >= 4 is 23.7 Å². The van der Waals surface area contributed by atoms with E-state index < -0.39 is 41.8 Å². The number of hydrogen-bond acceptors (Lipinski definition) is 6. The van der Waals surface area contributed by atoms with Crippen molar-refractivity contribution in [2.45, 2.75) is 24.7 Å². The predicted octanol–water partition coefficient (Wildman–Crippen LogP) is 2.74. The third kappa shape index (κ3) is 3.29. The summed E-state index contributed by atoms with van der Waals surface area (Å²) in [6.07, 6.45) is 0. The first kappa shape index (κ1) is 21.1. The molecule has 0 unspecified atom stereocenters. The molecule has 0 aliphatic carbocycles. The molecule has 6 rings (SSSR count). The number of imide groups is 1. The summed E-state index contributed by atoms with van der Waals surface area (Å²) in [5, 5.41) is 0. The highest BCUT2D eigenvalue weighted by molar-refractivity contribution is 6.24. The Balaban J connectivity index is 1.20. The summed E-state index contributed by atoms with van der Waals surface area (Å²) >= 11 is 0. The maximum Gasteiger partial charge on any atom is 0.331 e. The normalized spacial score (nSPS) is 22.9. The third-order valence-corrected chi connectivity index (χ3v) is 6.68. The topological polar surface area (TPSA) is 93.2 Å². The zero-order valence-corrected chi connectivity index (χ0v) is 18.5. The number of carbonyl (C=O) groups excluding carboxylic acids is 4. The van der Waals surface area contributed by atoms with Gasteiger partial charge in [-0.05, 0) is 35.4 Å². The molecule has 174 valence electrons. The van der Waals surface area contributed by atoms with Gasteiger partial charge in [0.15, 0.2) is 12.1 Å². The number of benzene rings is 3. The van der Waals surface area contributed by atoms with Crippen molar-refractivity contribution < 1.29 is 28.7 Å². The molecule has 3 atom stereocenters. The van der Waals surface area contributed by atoms with Crippen molar-refractivity contribution in [2.75, 3.05) is 6.61 Å². The Morgan fingerprint density at radius 2 is 1.40 bits per heavy atom. The van der Waals surface area contributed by atoms with Crippen molar-refractivity contribution in [3.8, 4) is 5.75 Å². The minimum absolute atomic E-state index is 0.000130. The van der Waals surface area contributed by atoms with Crippen LogP contribution in [0.5, 0.6) is 5.75 Å². The minimum Gasteiger partial charge on any atom is -0.489 e. The number of rotatable bonds is 5. The number of amides is 3. The second-order valence-corrected chi connectivity index (χ2v) is 8.65. The summed E-state index contributed by atoms with van der Waals surface area (Å²) in [7, 11) is 0. The minimum atomic E-state index is -1.20. The molecule has 3 heterocycles.